The van der Waals surface area contributed by atoms with Gasteiger partial charge in [0.25, 0.3) is 5.96 Å². The van der Waals surface area contributed by atoms with Crippen molar-refractivity contribution in [1.29, 1.82) is 0 Å². The van der Waals surface area contributed by atoms with Crippen LogP contribution in [0.3, 0.4) is 0 Å². The molecule has 0 atom stereocenters. The lowest BCUT2D eigenvalue weighted by Crippen LogP contribution is -2.28. The number of nitrogens with two attached hydrogens (primary N) is 1. The van der Waals surface area contributed by atoms with Crippen LogP contribution in [0.15, 0.2) is 51.6 Å². The number of nitrogens with one attached hydrogen (secondary N) is 1. The van der Waals surface area contributed by atoms with Crippen molar-refractivity contribution < 1.29 is 26.9 Å². The Balaban J connectivity index is 2.09. The Hall–Kier alpha value is -3.47. The van der Waals surface area contributed by atoms with E-state index in [4.69, 9.17) is 19.9 Å². The molecule has 0 aromatic heterocycles. The van der Waals surface area contributed by atoms with Crippen molar-refractivity contribution in [2.75, 3.05) is 21.3 Å². The van der Waals surface area contributed by atoms with Gasteiger partial charge >= 0.3 is 10.1 Å². The zero-order valence-corrected chi connectivity index (χ0v) is 17.2. The van der Waals surface area contributed by atoms with E-state index in [1.54, 1.807) is 24.3 Å². The Morgan fingerprint density at radius 2 is 1.66 bits per heavy atom. The lowest BCUT2D eigenvalue weighted by Gasteiger charge is -2.13. The average Bonchev–Trinajstić information content (AvgIpc) is 2.72. The minimum absolute atomic E-state index is 0.0433. The second-order valence-electron chi connectivity index (χ2n) is 5.61. The first kappa shape index (κ1) is 21.8. The highest BCUT2D eigenvalue weighted by atomic mass is 32.2. The minimum Gasteiger partial charge on any atom is -0.493 e. The fourth-order valence-electron chi connectivity index (χ4n) is 2.25. The summed E-state index contributed by atoms with van der Waals surface area (Å²) in [6.45, 7) is 1.84. The summed E-state index contributed by atoms with van der Waals surface area (Å²) in [5, 5.41) is 7.22. The molecule has 0 bridgehead atoms. The summed E-state index contributed by atoms with van der Waals surface area (Å²) in [4.78, 5) is -0.0433. The normalized spacial score (nSPS) is 11.9. The molecule has 156 valence electrons. The predicted molar refractivity (Wildman–Crippen MR) is 108 cm³/mol. The van der Waals surface area contributed by atoms with E-state index < -0.39 is 10.1 Å². The maximum Gasteiger partial charge on any atom is 0.358 e. The number of methoxy groups -OCH3 is 3. The molecule has 29 heavy (non-hydrogen) atoms. The topological polar surface area (TPSA) is 134 Å². The lowest BCUT2D eigenvalue weighted by atomic mass is 10.2. The summed E-state index contributed by atoms with van der Waals surface area (Å²) in [6, 6.07) is 9.47. The third-order valence-corrected chi connectivity index (χ3v) is 4.78. The van der Waals surface area contributed by atoms with Crippen LogP contribution in [0.5, 0.6) is 17.2 Å². The Bertz CT molecular complexity index is 1000. The van der Waals surface area contributed by atoms with Gasteiger partial charge in [0, 0.05) is 5.56 Å². The van der Waals surface area contributed by atoms with E-state index in [9.17, 15) is 8.42 Å². The molecule has 2 aromatic carbocycles. The Kier molecular flexibility index (Phi) is 7.26. The smallest absolute Gasteiger partial charge is 0.358 e. The number of rotatable bonds is 8. The van der Waals surface area contributed by atoms with Crippen LogP contribution in [0.2, 0.25) is 0 Å². The van der Waals surface area contributed by atoms with Crippen molar-refractivity contribution >= 4 is 22.3 Å². The van der Waals surface area contributed by atoms with E-state index in [1.807, 2.05) is 6.92 Å². The zero-order valence-electron chi connectivity index (χ0n) is 16.4. The summed E-state index contributed by atoms with van der Waals surface area (Å²) >= 11 is 0. The molecule has 0 saturated carbocycles. The third kappa shape index (κ3) is 5.51. The highest BCUT2D eigenvalue weighted by molar-refractivity contribution is 7.86. The van der Waals surface area contributed by atoms with Crippen LogP contribution in [-0.4, -0.2) is 41.9 Å². The first-order chi connectivity index (χ1) is 13.8. The van der Waals surface area contributed by atoms with Crippen LogP contribution in [0.25, 0.3) is 0 Å². The number of hydrogen-bond acceptors (Lipinski definition) is 8. The van der Waals surface area contributed by atoms with Gasteiger partial charge in [-0.2, -0.15) is 13.5 Å². The first-order valence-electron chi connectivity index (χ1n) is 8.24. The van der Waals surface area contributed by atoms with Gasteiger partial charge in [-0.1, -0.05) is 17.7 Å². The van der Waals surface area contributed by atoms with Gasteiger partial charge in [-0.25, -0.2) is 5.43 Å². The van der Waals surface area contributed by atoms with Crippen LogP contribution < -0.4 is 25.4 Å². The van der Waals surface area contributed by atoms with E-state index in [2.05, 4.69) is 20.0 Å². The van der Waals surface area contributed by atoms with E-state index in [-0.39, 0.29) is 10.9 Å². The second-order valence-corrected chi connectivity index (χ2v) is 7.14. The molecule has 0 heterocycles. The monoisotopic (exact) mass is 422 g/mol. The van der Waals surface area contributed by atoms with Gasteiger partial charge in [0.1, 0.15) is 4.90 Å². The molecule has 11 heteroatoms. The highest BCUT2D eigenvalue weighted by Crippen LogP contribution is 2.38. The van der Waals surface area contributed by atoms with Crippen molar-refractivity contribution in [3.8, 4) is 17.2 Å². The Morgan fingerprint density at radius 3 is 2.24 bits per heavy atom. The molecule has 10 nitrogen and oxygen atoms in total. The van der Waals surface area contributed by atoms with E-state index in [0.717, 1.165) is 5.56 Å². The highest BCUT2D eigenvalue weighted by Gasteiger charge is 2.16. The number of benzene rings is 2. The summed E-state index contributed by atoms with van der Waals surface area (Å²) < 4.78 is 44.5. The summed E-state index contributed by atoms with van der Waals surface area (Å²) in [7, 11) is 0.378. The van der Waals surface area contributed by atoms with E-state index in [1.165, 1.54) is 39.7 Å². The van der Waals surface area contributed by atoms with Gasteiger partial charge in [-0.3, -0.25) is 4.28 Å². The molecular weight excluding hydrogens is 400 g/mol. The molecule has 2 rings (SSSR count). The number of hydrogen-bond donors (Lipinski definition) is 2. The predicted octanol–water partition coefficient (Wildman–Crippen LogP) is 1.58. The van der Waals surface area contributed by atoms with Crippen molar-refractivity contribution in [3.63, 3.8) is 0 Å². The van der Waals surface area contributed by atoms with Crippen molar-refractivity contribution in [1.82, 2.24) is 5.43 Å². The standard InChI is InChI=1S/C18H22N4O6S/c1-12-5-8-14(9-6-12)29(23,24)28-22-18(19)21-20-11-13-7-10-15(25-2)17(27-4)16(13)26-3/h5-11H,1-4H3,(H3,19,21,22). The van der Waals surface area contributed by atoms with Gasteiger partial charge in [0.2, 0.25) is 5.75 Å². The number of ether oxygens (including phenoxy) is 3. The molecular formula is C18H22N4O6S. The molecule has 0 spiro atoms. The molecule has 0 unspecified atom stereocenters. The average molecular weight is 422 g/mol. The molecule has 0 saturated heterocycles. The van der Waals surface area contributed by atoms with Crippen LogP contribution in [0.1, 0.15) is 11.1 Å². The molecule has 0 fully saturated rings. The number of nitrogens with zero attached hydrogens (tertiary/aromatic N) is 2. The minimum atomic E-state index is -4.09. The van der Waals surface area contributed by atoms with Crippen molar-refractivity contribution in [2.24, 2.45) is 16.0 Å². The van der Waals surface area contributed by atoms with E-state index in [0.29, 0.717) is 22.8 Å². The molecule has 2 aromatic rings. The van der Waals surface area contributed by atoms with Gasteiger partial charge in [0.05, 0.1) is 27.5 Å². The van der Waals surface area contributed by atoms with Crippen molar-refractivity contribution in [3.05, 3.63) is 47.5 Å². The van der Waals surface area contributed by atoms with Gasteiger partial charge in [-0.05, 0) is 36.3 Å². The number of guanidine groups is 1. The number of aryl methyl sites for hydroxylation is 1. The molecule has 0 aliphatic heterocycles. The maximum atomic E-state index is 12.1. The Morgan fingerprint density at radius 1 is 1.00 bits per heavy atom. The second kappa shape index (κ2) is 9.64. The Labute approximate surface area is 169 Å². The number of hydrazone groups is 1. The van der Waals surface area contributed by atoms with Gasteiger partial charge in [-0.15, -0.1) is 0 Å². The lowest BCUT2D eigenvalue weighted by molar-refractivity contribution is 0.324. The molecule has 0 aliphatic carbocycles. The molecule has 0 radical (unpaired) electrons. The molecule has 3 N–H and O–H groups in total. The summed E-state index contributed by atoms with van der Waals surface area (Å²) in [5.41, 5.74) is 9.41. The van der Waals surface area contributed by atoms with Crippen molar-refractivity contribution in [2.45, 2.75) is 11.8 Å². The van der Waals surface area contributed by atoms with Gasteiger partial charge in [0.15, 0.2) is 11.5 Å². The summed E-state index contributed by atoms with van der Waals surface area (Å²) in [5.74, 6) is 0.917. The van der Waals surface area contributed by atoms with Crippen LogP contribution in [0, 0.1) is 6.92 Å². The maximum absolute atomic E-state index is 12.1. The fourth-order valence-corrected chi connectivity index (χ4v) is 2.99. The largest absolute Gasteiger partial charge is 0.493 e. The first-order valence-corrected chi connectivity index (χ1v) is 9.65. The number of oxime groups is 1. The van der Waals surface area contributed by atoms with Gasteiger partial charge < -0.3 is 19.9 Å². The quantitative estimate of drug-likeness (QED) is 0.372. The van der Waals surface area contributed by atoms with E-state index >= 15 is 0 Å². The van der Waals surface area contributed by atoms with Crippen LogP contribution in [0.4, 0.5) is 0 Å². The molecule has 0 amide bonds. The fraction of sp³-hybridized carbons (Fsp3) is 0.222. The molecule has 0 aliphatic rings. The zero-order chi connectivity index (χ0) is 21.4. The summed E-state index contributed by atoms with van der Waals surface area (Å²) in [6.07, 6.45) is 1.39. The van der Waals surface area contributed by atoms with Crippen LogP contribution in [-0.2, 0) is 14.4 Å². The third-order valence-electron chi connectivity index (χ3n) is 3.66. The van der Waals surface area contributed by atoms with Crippen LogP contribution >= 0.6 is 0 Å². The SMILES string of the molecule is COc1ccc(C=NNC(N)=NOS(=O)(=O)c2ccc(C)cc2)c(OC)c1OC.